The lowest BCUT2D eigenvalue weighted by Crippen LogP contribution is -2.47. The molecule has 0 radical (unpaired) electrons. The smallest absolute Gasteiger partial charge is 0.222 e. The minimum atomic E-state index is -0.760. The molecule has 2 atom stereocenters. The van der Waals surface area contributed by atoms with E-state index >= 15 is 0 Å². The summed E-state index contributed by atoms with van der Waals surface area (Å²) >= 11 is 0. The Morgan fingerprint density at radius 3 is 2.58 bits per heavy atom. The predicted octanol–water partition coefficient (Wildman–Crippen LogP) is 1.53. The summed E-state index contributed by atoms with van der Waals surface area (Å²) in [4.78, 5) is 12.0. The average molecular weight is 264 g/mol. The molecule has 0 aliphatic heterocycles. The standard InChI is InChI=1S/C15H24N2O2/c1-3-7-13(16)10-14(19)17-15(2,11-18)12-8-5-4-6-9-12/h4-6,8-9,13,18H,3,7,10-11,16H2,1-2H3,(H,17,19). The van der Waals surface area contributed by atoms with E-state index in [0.717, 1.165) is 18.4 Å². The molecule has 1 aromatic carbocycles. The molecule has 1 aromatic rings. The van der Waals surface area contributed by atoms with E-state index in [1.807, 2.05) is 44.2 Å². The summed E-state index contributed by atoms with van der Waals surface area (Å²) in [7, 11) is 0. The molecule has 1 amide bonds. The molecule has 0 heterocycles. The Morgan fingerprint density at radius 1 is 1.42 bits per heavy atom. The Kier molecular flexibility index (Phi) is 5.99. The van der Waals surface area contributed by atoms with Crippen LogP contribution in [0.25, 0.3) is 0 Å². The van der Waals surface area contributed by atoms with E-state index < -0.39 is 5.54 Å². The van der Waals surface area contributed by atoms with Crippen LogP contribution >= 0.6 is 0 Å². The summed E-state index contributed by atoms with van der Waals surface area (Å²) in [5.74, 6) is -0.124. The third-order valence-electron chi connectivity index (χ3n) is 3.25. The second kappa shape index (κ2) is 7.26. The maximum atomic E-state index is 12.0. The number of carbonyl (C=O) groups is 1. The molecule has 0 spiro atoms. The quantitative estimate of drug-likeness (QED) is 0.699. The first kappa shape index (κ1) is 15.7. The van der Waals surface area contributed by atoms with Gasteiger partial charge in [-0.05, 0) is 18.9 Å². The SMILES string of the molecule is CCCC(N)CC(=O)NC(C)(CO)c1ccccc1. The number of aliphatic hydroxyl groups excluding tert-OH is 1. The lowest BCUT2D eigenvalue weighted by molar-refractivity contribution is -0.123. The fourth-order valence-corrected chi connectivity index (χ4v) is 2.08. The van der Waals surface area contributed by atoms with Gasteiger partial charge in [-0.2, -0.15) is 0 Å². The zero-order chi connectivity index (χ0) is 14.3. The first-order valence-corrected chi connectivity index (χ1v) is 6.75. The molecule has 2 unspecified atom stereocenters. The third-order valence-corrected chi connectivity index (χ3v) is 3.25. The highest BCUT2D eigenvalue weighted by molar-refractivity contribution is 5.77. The molecule has 0 bridgehead atoms. The maximum Gasteiger partial charge on any atom is 0.222 e. The zero-order valence-corrected chi connectivity index (χ0v) is 11.7. The second-order valence-corrected chi connectivity index (χ2v) is 5.16. The zero-order valence-electron chi connectivity index (χ0n) is 11.7. The molecule has 4 nitrogen and oxygen atoms in total. The highest BCUT2D eigenvalue weighted by atomic mass is 16.3. The van der Waals surface area contributed by atoms with Gasteiger partial charge in [0, 0.05) is 12.5 Å². The number of benzene rings is 1. The molecule has 1 rings (SSSR count). The highest BCUT2D eigenvalue weighted by Gasteiger charge is 2.27. The van der Waals surface area contributed by atoms with Crippen LogP contribution in [0.3, 0.4) is 0 Å². The number of amides is 1. The van der Waals surface area contributed by atoms with Gasteiger partial charge in [-0.1, -0.05) is 43.7 Å². The first-order chi connectivity index (χ1) is 9.01. The Hall–Kier alpha value is -1.39. The van der Waals surface area contributed by atoms with Gasteiger partial charge in [0.2, 0.25) is 5.91 Å². The largest absolute Gasteiger partial charge is 0.394 e. The number of aliphatic hydroxyl groups is 1. The number of rotatable bonds is 7. The van der Waals surface area contributed by atoms with Gasteiger partial charge in [0.1, 0.15) is 0 Å². The fourth-order valence-electron chi connectivity index (χ4n) is 2.08. The second-order valence-electron chi connectivity index (χ2n) is 5.16. The first-order valence-electron chi connectivity index (χ1n) is 6.75. The van der Waals surface area contributed by atoms with Gasteiger partial charge in [-0.15, -0.1) is 0 Å². The number of hydrogen-bond acceptors (Lipinski definition) is 3. The van der Waals surface area contributed by atoms with Gasteiger partial charge in [0.25, 0.3) is 0 Å². The monoisotopic (exact) mass is 264 g/mol. The molecule has 0 fully saturated rings. The molecule has 0 aromatic heterocycles. The van der Waals surface area contributed by atoms with Crippen molar-refractivity contribution in [2.24, 2.45) is 5.73 Å². The van der Waals surface area contributed by atoms with Gasteiger partial charge in [-0.3, -0.25) is 4.79 Å². The van der Waals surface area contributed by atoms with Crippen LogP contribution in [-0.4, -0.2) is 23.7 Å². The van der Waals surface area contributed by atoms with E-state index in [1.165, 1.54) is 0 Å². The molecular formula is C15H24N2O2. The van der Waals surface area contributed by atoms with E-state index in [0.29, 0.717) is 0 Å². The number of hydrogen-bond donors (Lipinski definition) is 3. The van der Waals surface area contributed by atoms with Crippen molar-refractivity contribution in [3.8, 4) is 0 Å². The minimum Gasteiger partial charge on any atom is -0.394 e. The number of carbonyl (C=O) groups excluding carboxylic acids is 1. The van der Waals surface area contributed by atoms with E-state index in [1.54, 1.807) is 0 Å². The van der Waals surface area contributed by atoms with Gasteiger partial charge < -0.3 is 16.2 Å². The van der Waals surface area contributed by atoms with Crippen LogP contribution in [0, 0.1) is 0 Å². The van der Waals surface area contributed by atoms with Gasteiger partial charge in [-0.25, -0.2) is 0 Å². The van der Waals surface area contributed by atoms with Gasteiger partial charge >= 0.3 is 0 Å². The topological polar surface area (TPSA) is 75.4 Å². The molecule has 106 valence electrons. The van der Waals surface area contributed by atoms with Crippen molar-refractivity contribution in [2.75, 3.05) is 6.61 Å². The lowest BCUT2D eigenvalue weighted by Gasteiger charge is -2.30. The van der Waals surface area contributed by atoms with Crippen LogP contribution in [0.4, 0.5) is 0 Å². The van der Waals surface area contributed by atoms with Crippen LogP contribution in [-0.2, 0) is 10.3 Å². The summed E-state index contributed by atoms with van der Waals surface area (Å²) in [6, 6.07) is 9.34. The highest BCUT2D eigenvalue weighted by Crippen LogP contribution is 2.20. The summed E-state index contributed by atoms with van der Waals surface area (Å²) in [6.07, 6.45) is 2.08. The lowest BCUT2D eigenvalue weighted by atomic mass is 9.92. The molecule has 4 heteroatoms. The molecule has 4 N–H and O–H groups in total. The normalized spacial score (nSPS) is 15.6. The summed E-state index contributed by atoms with van der Waals surface area (Å²) in [5, 5.41) is 12.5. The maximum absolute atomic E-state index is 12.0. The molecule has 0 saturated heterocycles. The van der Waals surface area contributed by atoms with Crippen LogP contribution in [0.15, 0.2) is 30.3 Å². The minimum absolute atomic E-state index is 0.122. The van der Waals surface area contributed by atoms with Crippen molar-refractivity contribution in [3.05, 3.63) is 35.9 Å². The van der Waals surface area contributed by atoms with Crippen LogP contribution in [0.5, 0.6) is 0 Å². The summed E-state index contributed by atoms with van der Waals surface area (Å²) < 4.78 is 0. The molecule has 0 aliphatic carbocycles. The van der Waals surface area contributed by atoms with Crippen LogP contribution in [0.1, 0.15) is 38.7 Å². The Morgan fingerprint density at radius 2 is 2.05 bits per heavy atom. The van der Waals surface area contributed by atoms with Crippen molar-refractivity contribution in [1.82, 2.24) is 5.32 Å². The van der Waals surface area contributed by atoms with E-state index in [2.05, 4.69) is 5.32 Å². The van der Waals surface area contributed by atoms with E-state index in [-0.39, 0.29) is 25.0 Å². The molecule has 0 saturated carbocycles. The summed E-state index contributed by atoms with van der Waals surface area (Å²) in [5.41, 5.74) is 5.99. The van der Waals surface area contributed by atoms with Crippen molar-refractivity contribution in [2.45, 2.75) is 44.7 Å². The Bertz CT molecular complexity index is 394. The Balaban J connectivity index is 2.68. The van der Waals surface area contributed by atoms with Gasteiger partial charge in [0.05, 0.1) is 12.1 Å². The van der Waals surface area contributed by atoms with Crippen molar-refractivity contribution < 1.29 is 9.90 Å². The molecule has 0 aliphatic rings. The average Bonchev–Trinajstić information content (AvgIpc) is 2.39. The van der Waals surface area contributed by atoms with Crippen LogP contribution in [0.2, 0.25) is 0 Å². The Labute approximate surface area is 115 Å². The molecule has 19 heavy (non-hydrogen) atoms. The van der Waals surface area contributed by atoms with E-state index in [9.17, 15) is 9.90 Å². The number of nitrogens with two attached hydrogens (primary N) is 1. The van der Waals surface area contributed by atoms with Crippen molar-refractivity contribution in [3.63, 3.8) is 0 Å². The summed E-state index contributed by atoms with van der Waals surface area (Å²) in [6.45, 7) is 3.71. The van der Waals surface area contributed by atoms with Gasteiger partial charge in [0.15, 0.2) is 0 Å². The fraction of sp³-hybridized carbons (Fsp3) is 0.533. The van der Waals surface area contributed by atoms with Crippen LogP contribution < -0.4 is 11.1 Å². The van der Waals surface area contributed by atoms with Crippen molar-refractivity contribution in [1.29, 1.82) is 0 Å². The van der Waals surface area contributed by atoms with Crippen molar-refractivity contribution >= 4 is 5.91 Å². The molecular weight excluding hydrogens is 240 g/mol. The third kappa shape index (κ3) is 4.65. The van der Waals surface area contributed by atoms with E-state index in [4.69, 9.17) is 5.73 Å². The number of nitrogens with one attached hydrogen (secondary N) is 1. The predicted molar refractivity (Wildman–Crippen MR) is 76.5 cm³/mol.